The van der Waals surface area contributed by atoms with E-state index in [0.29, 0.717) is 12.2 Å². The molecule has 1 amide bonds. The highest BCUT2D eigenvalue weighted by Gasteiger charge is 2.13. The second kappa shape index (κ2) is 9.15. The van der Waals surface area contributed by atoms with Crippen LogP contribution in [-0.2, 0) is 4.79 Å². The zero-order chi connectivity index (χ0) is 15.0. The SMILES string of the molecule is CCCC(N)C(=O)NCC(O)COc1ccc(I)cc1. The number of hydrogen-bond donors (Lipinski definition) is 3. The zero-order valence-electron chi connectivity index (χ0n) is 11.5. The first-order valence-corrected chi connectivity index (χ1v) is 7.70. The van der Waals surface area contributed by atoms with Crippen molar-refractivity contribution >= 4 is 28.5 Å². The van der Waals surface area contributed by atoms with Gasteiger partial charge in [0.15, 0.2) is 0 Å². The molecule has 6 heteroatoms. The van der Waals surface area contributed by atoms with E-state index < -0.39 is 12.1 Å². The normalized spacial score (nSPS) is 13.6. The molecule has 0 saturated heterocycles. The van der Waals surface area contributed by atoms with Gasteiger partial charge in [-0.05, 0) is 53.3 Å². The van der Waals surface area contributed by atoms with Crippen LogP contribution >= 0.6 is 22.6 Å². The molecule has 5 nitrogen and oxygen atoms in total. The maximum atomic E-state index is 11.6. The number of carbonyl (C=O) groups excluding carboxylic acids is 1. The number of hydrogen-bond acceptors (Lipinski definition) is 4. The molecule has 1 aromatic carbocycles. The topological polar surface area (TPSA) is 84.6 Å². The van der Waals surface area contributed by atoms with Gasteiger partial charge >= 0.3 is 0 Å². The van der Waals surface area contributed by atoms with Crippen LogP contribution in [-0.4, -0.2) is 36.3 Å². The summed E-state index contributed by atoms with van der Waals surface area (Å²) in [5.41, 5.74) is 5.67. The summed E-state index contributed by atoms with van der Waals surface area (Å²) >= 11 is 2.21. The third kappa shape index (κ3) is 6.53. The fourth-order valence-electron chi connectivity index (χ4n) is 1.57. The van der Waals surface area contributed by atoms with E-state index in [0.717, 1.165) is 9.99 Å². The molecule has 0 fully saturated rings. The van der Waals surface area contributed by atoms with Crippen LogP contribution in [0.2, 0.25) is 0 Å². The Morgan fingerprint density at radius 3 is 2.70 bits per heavy atom. The minimum absolute atomic E-state index is 0.129. The Labute approximate surface area is 133 Å². The fraction of sp³-hybridized carbons (Fsp3) is 0.500. The molecule has 0 heterocycles. The lowest BCUT2D eigenvalue weighted by Gasteiger charge is -2.15. The second-order valence-electron chi connectivity index (χ2n) is 4.56. The summed E-state index contributed by atoms with van der Waals surface area (Å²) in [6.07, 6.45) is 0.737. The van der Waals surface area contributed by atoms with Crippen molar-refractivity contribution < 1.29 is 14.6 Å². The molecule has 0 radical (unpaired) electrons. The molecule has 0 aliphatic heterocycles. The van der Waals surface area contributed by atoms with E-state index in [4.69, 9.17) is 10.5 Å². The Morgan fingerprint density at radius 2 is 2.10 bits per heavy atom. The van der Waals surface area contributed by atoms with Crippen molar-refractivity contribution in [3.63, 3.8) is 0 Å². The van der Waals surface area contributed by atoms with Gasteiger partial charge in [-0.3, -0.25) is 4.79 Å². The minimum atomic E-state index is -0.757. The molecule has 2 atom stereocenters. The number of ether oxygens (including phenoxy) is 1. The van der Waals surface area contributed by atoms with Crippen LogP contribution in [0.4, 0.5) is 0 Å². The summed E-state index contributed by atoms with van der Waals surface area (Å²) in [5, 5.41) is 12.4. The number of aliphatic hydroxyl groups is 1. The lowest BCUT2D eigenvalue weighted by Crippen LogP contribution is -2.44. The molecule has 4 N–H and O–H groups in total. The van der Waals surface area contributed by atoms with E-state index >= 15 is 0 Å². The van der Waals surface area contributed by atoms with Crippen molar-refractivity contribution in [3.05, 3.63) is 27.8 Å². The van der Waals surface area contributed by atoms with Gasteiger partial charge in [0.25, 0.3) is 0 Å². The number of nitrogens with one attached hydrogen (secondary N) is 1. The highest BCUT2D eigenvalue weighted by Crippen LogP contribution is 2.13. The molecule has 0 spiro atoms. The number of nitrogens with two attached hydrogens (primary N) is 1. The largest absolute Gasteiger partial charge is 0.491 e. The molecule has 0 aliphatic rings. The first-order chi connectivity index (χ1) is 9.52. The first-order valence-electron chi connectivity index (χ1n) is 6.62. The number of carbonyl (C=O) groups is 1. The smallest absolute Gasteiger partial charge is 0.237 e. The molecular weight excluding hydrogens is 371 g/mol. The van der Waals surface area contributed by atoms with Crippen molar-refractivity contribution in [2.24, 2.45) is 5.73 Å². The summed E-state index contributed by atoms with van der Waals surface area (Å²) in [5.74, 6) is 0.457. The molecule has 0 bridgehead atoms. The van der Waals surface area contributed by atoms with E-state index in [1.807, 2.05) is 31.2 Å². The average Bonchev–Trinajstić information content (AvgIpc) is 2.44. The van der Waals surface area contributed by atoms with Crippen molar-refractivity contribution in [1.82, 2.24) is 5.32 Å². The molecule has 2 unspecified atom stereocenters. The van der Waals surface area contributed by atoms with Gasteiger partial charge in [0.1, 0.15) is 18.5 Å². The highest BCUT2D eigenvalue weighted by atomic mass is 127. The third-order valence-electron chi connectivity index (χ3n) is 2.70. The Hall–Kier alpha value is -0.860. The van der Waals surface area contributed by atoms with Crippen LogP contribution in [0.25, 0.3) is 0 Å². The number of halogens is 1. The van der Waals surface area contributed by atoms with E-state index in [-0.39, 0.29) is 19.1 Å². The summed E-state index contributed by atoms with van der Waals surface area (Å²) in [4.78, 5) is 11.6. The van der Waals surface area contributed by atoms with Crippen LogP contribution in [0.3, 0.4) is 0 Å². The van der Waals surface area contributed by atoms with Crippen LogP contribution in [0.1, 0.15) is 19.8 Å². The Bertz CT molecular complexity index is 411. The molecule has 0 aromatic heterocycles. The van der Waals surface area contributed by atoms with Crippen molar-refractivity contribution in [1.29, 1.82) is 0 Å². The fourth-order valence-corrected chi connectivity index (χ4v) is 1.93. The van der Waals surface area contributed by atoms with Gasteiger partial charge in [0.05, 0.1) is 6.04 Å². The van der Waals surface area contributed by atoms with Crippen LogP contribution < -0.4 is 15.8 Å². The molecule has 20 heavy (non-hydrogen) atoms. The monoisotopic (exact) mass is 392 g/mol. The quantitative estimate of drug-likeness (QED) is 0.582. The van der Waals surface area contributed by atoms with Crippen molar-refractivity contribution in [3.8, 4) is 5.75 Å². The predicted octanol–water partition coefficient (Wildman–Crippen LogP) is 1.27. The predicted molar refractivity (Wildman–Crippen MR) is 86.6 cm³/mol. The van der Waals surface area contributed by atoms with E-state index in [9.17, 15) is 9.90 Å². The van der Waals surface area contributed by atoms with Gasteiger partial charge in [-0.15, -0.1) is 0 Å². The Balaban J connectivity index is 2.25. The van der Waals surface area contributed by atoms with Crippen LogP contribution in [0.5, 0.6) is 5.75 Å². The lowest BCUT2D eigenvalue weighted by atomic mass is 10.1. The molecule has 1 rings (SSSR count). The first kappa shape index (κ1) is 17.2. The highest BCUT2D eigenvalue weighted by molar-refractivity contribution is 14.1. The maximum absolute atomic E-state index is 11.6. The zero-order valence-corrected chi connectivity index (χ0v) is 13.7. The van der Waals surface area contributed by atoms with E-state index in [2.05, 4.69) is 27.9 Å². The summed E-state index contributed by atoms with van der Waals surface area (Å²) in [6.45, 7) is 2.24. The van der Waals surface area contributed by atoms with Gasteiger partial charge in [0.2, 0.25) is 5.91 Å². The van der Waals surface area contributed by atoms with E-state index in [1.54, 1.807) is 0 Å². The number of aliphatic hydroxyl groups excluding tert-OH is 1. The number of benzene rings is 1. The van der Waals surface area contributed by atoms with Gasteiger partial charge in [0, 0.05) is 10.1 Å². The van der Waals surface area contributed by atoms with Gasteiger partial charge in [-0.2, -0.15) is 0 Å². The summed E-state index contributed by atoms with van der Waals surface area (Å²) < 4.78 is 6.55. The molecule has 0 saturated carbocycles. The average molecular weight is 392 g/mol. The van der Waals surface area contributed by atoms with Crippen LogP contribution in [0, 0.1) is 3.57 Å². The molecular formula is C14H21IN2O3. The number of rotatable bonds is 8. The summed E-state index contributed by atoms with van der Waals surface area (Å²) in [7, 11) is 0. The van der Waals surface area contributed by atoms with Gasteiger partial charge < -0.3 is 20.9 Å². The minimum Gasteiger partial charge on any atom is -0.491 e. The summed E-state index contributed by atoms with van der Waals surface area (Å²) in [6, 6.07) is 7.01. The number of amides is 1. The lowest BCUT2D eigenvalue weighted by molar-refractivity contribution is -0.123. The second-order valence-corrected chi connectivity index (χ2v) is 5.80. The van der Waals surface area contributed by atoms with E-state index in [1.165, 1.54) is 0 Å². The third-order valence-corrected chi connectivity index (χ3v) is 3.42. The van der Waals surface area contributed by atoms with Crippen molar-refractivity contribution in [2.45, 2.75) is 31.9 Å². The Kier molecular flexibility index (Phi) is 7.86. The van der Waals surface area contributed by atoms with Crippen LogP contribution in [0.15, 0.2) is 24.3 Å². The molecule has 112 valence electrons. The van der Waals surface area contributed by atoms with Gasteiger partial charge in [-0.1, -0.05) is 13.3 Å². The molecule has 0 aliphatic carbocycles. The van der Waals surface area contributed by atoms with Gasteiger partial charge in [-0.25, -0.2) is 0 Å². The maximum Gasteiger partial charge on any atom is 0.237 e. The molecule has 1 aromatic rings. The Morgan fingerprint density at radius 1 is 1.45 bits per heavy atom. The van der Waals surface area contributed by atoms with Crippen molar-refractivity contribution in [2.75, 3.05) is 13.2 Å². The standard InChI is InChI=1S/C14H21IN2O3/c1-2-3-13(16)14(19)17-8-11(18)9-20-12-6-4-10(15)5-7-12/h4-7,11,13,18H,2-3,8-9,16H2,1H3,(H,17,19).